The fourth-order valence-electron chi connectivity index (χ4n) is 1.16. The van der Waals surface area contributed by atoms with E-state index in [0.29, 0.717) is 12.3 Å². The van der Waals surface area contributed by atoms with Crippen LogP contribution in [0, 0.1) is 0 Å². The van der Waals surface area contributed by atoms with E-state index in [-0.39, 0.29) is 0 Å². The maximum Gasteiger partial charge on any atom is 0.332 e. The predicted molar refractivity (Wildman–Crippen MR) is 62.5 cm³/mol. The second-order valence-corrected chi connectivity index (χ2v) is 3.13. The quantitative estimate of drug-likeness (QED) is 0.596. The molecule has 5 nitrogen and oxygen atoms in total. The van der Waals surface area contributed by atoms with Crippen molar-refractivity contribution >= 4 is 11.7 Å². The SMILES string of the molecule is CCOc1ccc(/C(C)=N/NC(N)=O)cc1. The first-order valence-electron chi connectivity index (χ1n) is 4.96. The molecule has 0 aliphatic carbocycles. The molecule has 0 unspecified atom stereocenters. The molecule has 86 valence electrons. The molecule has 1 aromatic carbocycles. The lowest BCUT2D eigenvalue weighted by Gasteiger charge is -2.04. The van der Waals surface area contributed by atoms with Crippen LogP contribution in [-0.4, -0.2) is 18.3 Å². The summed E-state index contributed by atoms with van der Waals surface area (Å²) in [5.74, 6) is 0.807. The Morgan fingerprint density at radius 1 is 1.44 bits per heavy atom. The van der Waals surface area contributed by atoms with Crippen LogP contribution in [0.2, 0.25) is 0 Å². The monoisotopic (exact) mass is 221 g/mol. The van der Waals surface area contributed by atoms with Gasteiger partial charge < -0.3 is 10.5 Å². The number of amides is 2. The van der Waals surface area contributed by atoms with Gasteiger partial charge >= 0.3 is 6.03 Å². The number of nitrogens with zero attached hydrogens (tertiary/aromatic N) is 1. The van der Waals surface area contributed by atoms with Crippen LogP contribution in [0.15, 0.2) is 29.4 Å². The van der Waals surface area contributed by atoms with Gasteiger partial charge in [0.05, 0.1) is 12.3 Å². The molecule has 0 radical (unpaired) electrons. The molecule has 1 rings (SSSR count). The van der Waals surface area contributed by atoms with Gasteiger partial charge in [0.15, 0.2) is 0 Å². The second kappa shape index (κ2) is 5.75. The minimum absolute atomic E-state index is 0.635. The van der Waals surface area contributed by atoms with Gasteiger partial charge in [0.1, 0.15) is 5.75 Å². The van der Waals surface area contributed by atoms with Crippen LogP contribution < -0.4 is 15.9 Å². The van der Waals surface area contributed by atoms with Crippen LogP contribution in [0.3, 0.4) is 0 Å². The van der Waals surface area contributed by atoms with E-state index in [1.165, 1.54) is 0 Å². The molecule has 0 aliphatic rings. The first-order valence-corrected chi connectivity index (χ1v) is 4.96. The maximum absolute atomic E-state index is 10.5. The molecule has 0 atom stereocenters. The highest BCUT2D eigenvalue weighted by Crippen LogP contribution is 2.12. The summed E-state index contributed by atoms with van der Waals surface area (Å²) < 4.78 is 5.31. The van der Waals surface area contributed by atoms with Gasteiger partial charge in [0.25, 0.3) is 0 Å². The van der Waals surface area contributed by atoms with Crippen molar-refractivity contribution in [2.75, 3.05) is 6.61 Å². The highest BCUT2D eigenvalue weighted by Gasteiger charge is 1.98. The number of ether oxygens (including phenoxy) is 1. The molecule has 0 saturated heterocycles. The topological polar surface area (TPSA) is 76.7 Å². The largest absolute Gasteiger partial charge is 0.494 e. The van der Waals surface area contributed by atoms with Crippen molar-refractivity contribution in [2.24, 2.45) is 10.8 Å². The van der Waals surface area contributed by atoms with Gasteiger partial charge in [-0.15, -0.1) is 0 Å². The Hall–Kier alpha value is -2.04. The number of benzene rings is 1. The van der Waals surface area contributed by atoms with Gasteiger partial charge in [-0.2, -0.15) is 5.10 Å². The zero-order valence-electron chi connectivity index (χ0n) is 9.36. The number of nitrogens with two attached hydrogens (primary N) is 1. The van der Waals surface area contributed by atoms with Crippen molar-refractivity contribution in [2.45, 2.75) is 13.8 Å². The molecule has 1 aromatic rings. The lowest BCUT2D eigenvalue weighted by atomic mass is 10.1. The van der Waals surface area contributed by atoms with Gasteiger partial charge in [-0.3, -0.25) is 0 Å². The number of carbonyl (C=O) groups excluding carboxylic acids is 1. The third-order valence-electron chi connectivity index (χ3n) is 1.92. The summed E-state index contributed by atoms with van der Waals surface area (Å²) in [6, 6.07) is 6.76. The summed E-state index contributed by atoms with van der Waals surface area (Å²) in [7, 11) is 0. The summed E-state index contributed by atoms with van der Waals surface area (Å²) in [6.07, 6.45) is 0. The molecular weight excluding hydrogens is 206 g/mol. The van der Waals surface area contributed by atoms with E-state index in [1.54, 1.807) is 6.92 Å². The first kappa shape index (κ1) is 12.0. The molecule has 2 amide bonds. The Morgan fingerprint density at radius 3 is 2.56 bits per heavy atom. The smallest absolute Gasteiger partial charge is 0.332 e. The van der Waals surface area contributed by atoms with Crippen LogP contribution in [0.5, 0.6) is 5.75 Å². The Bertz CT molecular complexity index is 385. The van der Waals surface area contributed by atoms with Gasteiger partial charge in [-0.05, 0) is 43.7 Å². The third kappa shape index (κ3) is 3.61. The molecular formula is C11H15N3O2. The maximum atomic E-state index is 10.5. The number of hydrogen-bond acceptors (Lipinski definition) is 3. The fourth-order valence-corrected chi connectivity index (χ4v) is 1.16. The van der Waals surface area contributed by atoms with E-state index in [9.17, 15) is 4.79 Å². The molecule has 0 aromatic heterocycles. The fraction of sp³-hybridized carbons (Fsp3) is 0.273. The van der Waals surface area contributed by atoms with Crippen molar-refractivity contribution in [3.8, 4) is 5.75 Å². The predicted octanol–water partition coefficient (Wildman–Crippen LogP) is 1.48. The zero-order valence-corrected chi connectivity index (χ0v) is 9.36. The van der Waals surface area contributed by atoms with Crippen LogP contribution in [0.25, 0.3) is 0 Å². The number of nitrogens with one attached hydrogen (secondary N) is 1. The van der Waals surface area contributed by atoms with E-state index in [4.69, 9.17) is 10.5 Å². The van der Waals surface area contributed by atoms with Crippen molar-refractivity contribution in [3.63, 3.8) is 0 Å². The van der Waals surface area contributed by atoms with Gasteiger partial charge in [0.2, 0.25) is 0 Å². The molecule has 0 bridgehead atoms. The van der Waals surface area contributed by atoms with Crippen molar-refractivity contribution in [3.05, 3.63) is 29.8 Å². The highest BCUT2D eigenvalue weighted by molar-refractivity contribution is 5.99. The summed E-state index contributed by atoms with van der Waals surface area (Å²) >= 11 is 0. The van der Waals surface area contributed by atoms with Gasteiger partial charge in [-0.1, -0.05) is 0 Å². The minimum Gasteiger partial charge on any atom is -0.494 e. The minimum atomic E-state index is -0.676. The lowest BCUT2D eigenvalue weighted by Crippen LogP contribution is -2.25. The summed E-state index contributed by atoms with van der Waals surface area (Å²) in [5.41, 5.74) is 8.67. The average Bonchev–Trinajstić information content (AvgIpc) is 2.27. The molecule has 0 fully saturated rings. The molecule has 3 N–H and O–H groups in total. The number of primary amides is 1. The molecule has 5 heteroatoms. The Morgan fingerprint density at radius 2 is 2.06 bits per heavy atom. The standard InChI is InChI=1S/C11H15N3O2/c1-3-16-10-6-4-9(5-7-10)8(2)13-14-11(12)15/h4-7H,3H2,1-2H3,(H3,12,14,15)/b13-8+. The van der Waals surface area contributed by atoms with E-state index in [1.807, 2.05) is 31.2 Å². The summed E-state index contributed by atoms with van der Waals surface area (Å²) in [6.45, 7) is 4.35. The Labute approximate surface area is 94.3 Å². The van der Waals surface area contributed by atoms with Crippen molar-refractivity contribution < 1.29 is 9.53 Å². The summed E-state index contributed by atoms with van der Waals surface area (Å²) in [4.78, 5) is 10.5. The highest BCUT2D eigenvalue weighted by atomic mass is 16.5. The molecule has 0 spiro atoms. The van der Waals surface area contributed by atoms with Crippen LogP contribution in [0.1, 0.15) is 19.4 Å². The number of urea groups is 1. The van der Waals surface area contributed by atoms with Gasteiger partial charge in [-0.25, -0.2) is 10.2 Å². The average molecular weight is 221 g/mol. The van der Waals surface area contributed by atoms with Gasteiger partial charge in [0, 0.05) is 0 Å². The van der Waals surface area contributed by atoms with Crippen molar-refractivity contribution in [1.29, 1.82) is 0 Å². The molecule has 16 heavy (non-hydrogen) atoms. The molecule has 0 heterocycles. The van der Waals surface area contributed by atoms with Crippen molar-refractivity contribution in [1.82, 2.24) is 5.43 Å². The number of hydrazone groups is 1. The Balaban J connectivity index is 2.73. The molecule has 0 aliphatic heterocycles. The lowest BCUT2D eigenvalue weighted by molar-refractivity contribution is 0.249. The first-order chi connectivity index (χ1) is 7.63. The Kier molecular flexibility index (Phi) is 4.32. The van der Waals surface area contributed by atoms with Crippen LogP contribution >= 0.6 is 0 Å². The summed E-state index contributed by atoms with van der Waals surface area (Å²) in [5, 5.41) is 3.82. The van der Waals surface area contributed by atoms with E-state index >= 15 is 0 Å². The number of carbonyl (C=O) groups is 1. The van der Waals surface area contributed by atoms with Crippen LogP contribution in [0.4, 0.5) is 4.79 Å². The normalized spacial score (nSPS) is 11.0. The number of hydrogen-bond donors (Lipinski definition) is 2. The molecule has 0 saturated carbocycles. The van der Waals surface area contributed by atoms with Crippen LogP contribution in [-0.2, 0) is 0 Å². The third-order valence-corrected chi connectivity index (χ3v) is 1.92. The van der Waals surface area contributed by atoms with E-state index in [0.717, 1.165) is 11.3 Å². The van der Waals surface area contributed by atoms with E-state index < -0.39 is 6.03 Å². The number of rotatable bonds is 4. The second-order valence-electron chi connectivity index (χ2n) is 3.13. The zero-order chi connectivity index (χ0) is 12.0. The van der Waals surface area contributed by atoms with E-state index in [2.05, 4.69) is 10.5 Å².